The first-order valence-electron chi connectivity index (χ1n) is 9.39. The van der Waals surface area contributed by atoms with E-state index in [0.717, 1.165) is 6.08 Å². The van der Waals surface area contributed by atoms with Gasteiger partial charge in [0.15, 0.2) is 0 Å². The molecule has 2 rings (SSSR count). The Hall–Kier alpha value is -2.60. The summed E-state index contributed by atoms with van der Waals surface area (Å²) < 4.78 is 49.7. The van der Waals surface area contributed by atoms with Gasteiger partial charge in [-0.05, 0) is 38.1 Å². The first-order valence-corrected chi connectivity index (χ1v) is 6.39. The molecule has 6 nitrogen and oxygen atoms in total. The average molecular weight is 308 g/mol. The van der Waals surface area contributed by atoms with Crippen molar-refractivity contribution in [3.05, 3.63) is 42.1 Å². The van der Waals surface area contributed by atoms with Crippen LogP contribution in [0.4, 0.5) is 0 Å². The number of likely N-dealkylation sites (N-methyl/N-ethyl adjacent to an activating group) is 1. The number of aliphatic carboxylic acids is 1. The fourth-order valence-corrected chi connectivity index (χ4v) is 2.02. The van der Waals surface area contributed by atoms with Gasteiger partial charge in [-0.3, -0.25) is 0 Å². The molecule has 6 heteroatoms. The molecular weight excluding hydrogens is 284 g/mol. The molecule has 116 valence electrons. The lowest BCUT2D eigenvalue weighted by Gasteiger charge is -2.09. The van der Waals surface area contributed by atoms with E-state index in [9.17, 15) is 9.59 Å². The monoisotopic (exact) mass is 308 g/mol. The number of H-pyrrole nitrogens is 1. The second-order valence-electron chi connectivity index (χ2n) is 4.49. The van der Waals surface area contributed by atoms with E-state index in [-0.39, 0.29) is 18.7 Å². The van der Waals surface area contributed by atoms with Crippen LogP contribution in [0.1, 0.15) is 13.8 Å². The highest BCUT2D eigenvalue weighted by molar-refractivity contribution is 5.95. The molecule has 0 saturated heterocycles. The number of aromatic amines is 1. The van der Waals surface area contributed by atoms with Crippen LogP contribution in [0.5, 0.6) is 5.75 Å². The zero-order chi connectivity index (χ0) is 21.1. The molecule has 1 heterocycles. The zero-order valence-electron chi connectivity index (χ0n) is 17.5. The molecule has 0 aliphatic carbocycles. The number of hydrogen-bond donors (Lipinski definition) is 2. The van der Waals surface area contributed by atoms with Crippen molar-refractivity contribution in [3.8, 4) is 5.75 Å². The Labute approximate surface area is 136 Å². The number of benzene rings is 1. The summed E-state index contributed by atoms with van der Waals surface area (Å²) in [7, 11) is 0. The third-order valence-electron chi connectivity index (χ3n) is 2.93. The van der Waals surface area contributed by atoms with Crippen molar-refractivity contribution >= 4 is 22.8 Å². The van der Waals surface area contributed by atoms with Gasteiger partial charge in [-0.1, -0.05) is 6.07 Å². The van der Waals surface area contributed by atoms with Crippen LogP contribution in [-0.4, -0.2) is 47.4 Å². The minimum Gasteiger partial charge on any atom is -0.478 e. The van der Waals surface area contributed by atoms with Crippen molar-refractivity contribution in [2.75, 3.05) is 20.5 Å². The Morgan fingerprint density at radius 2 is 2.23 bits per heavy atom. The molecule has 1 aromatic heterocycles. The number of carbonyl (C=O) groups excluding carboxylic acids is 1. The largest absolute Gasteiger partial charge is 0.478 e. The van der Waals surface area contributed by atoms with Gasteiger partial charge in [0.2, 0.25) is 0 Å². The van der Waals surface area contributed by atoms with Crippen molar-refractivity contribution < 1.29 is 27.7 Å². The Morgan fingerprint density at radius 1 is 1.41 bits per heavy atom. The number of rotatable bonds is 6. The van der Waals surface area contributed by atoms with Crippen LogP contribution < -0.4 is 4.74 Å². The number of nitrogens with one attached hydrogen (secondary N) is 1. The van der Waals surface area contributed by atoms with Crippen LogP contribution in [0, 0.1) is 0 Å². The molecule has 22 heavy (non-hydrogen) atoms. The van der Waals surface area contributed by atoms with E-state index in [1.807, 2.05) is 0 Å². The van der Waals surface area contributed by atoms with Gasteiger partial charge in [-0.2, -0.15) is 0 Å². The third-order valence-corrected chi connectivity index (χ3v) is 2.93. The third kappa shape index (κ3) is 3.95. The molecule has 0 amide bonds. The van der Waals surface area contributed by atoms with Crippen molar-refractivity contribution in [2.45, 2.75) is 6.42 Å². The normalized spacial score (nSPS) is 16.6. The van der Waals surface area contributed by atoms with E-state index in [2.05, 4.69) is 4.98 Å². The standard InChI is InChI=1S/C16H18N2O4/c1-18(2)9-8-11-10-17-12-4-3-5-13(16(11)12)22-15(21)7-6-14(19)20/h3-7,10,17H,8-9H2,1-2H3,(H,19,20)/b7-6-/i1D3,2D3. The summed E-state index contributed by atoms with van der Waals surface area (Å²) in [6, 6.07) is 4.81. The van der Waals surface area contributed by atoms with Crippen molar-refractivity contribution in [1.29, 1.82) is 0 Å². The lowest BCUT2D eigenvalue weighted by atomic mass is 10.1. The maximum absolute atomic E-state index is 11.8. The second-order valence-corrected chi connectivity index (χ2v) is 4.49. The van der Waals surface area contributed by atoms with Crippen LogP contribution >= 0.6 is 0 Å². The lowest BCUT2D eigenvalue weighted by molar-refractivity contribution is -0.133. The first kappa shape index (κ1) is 9.42. The lowest BCUT2D eigenvalue weighted by Crippen LogP contribution is -2.15. The number of esters is 1. The number of aromatic nitrogens is 1. The maximum Gasteiger partial charge on any atom is 0.336 e. The van der Waals surface area contributed by atoms with E-state index >= 15 is 0 Å². The number of fused-ring (bicyclic) bond motifs is 1. The van der Waals surface area contributed by atoms with Gasteiger partial charge in [0, 0.05) is 44.0 Å². The minimum absolute atomic E-state index is 0.0658. The molecular formula is C16H18N2O4. The van der Waals surface area contributed by atoms with Gasteiger partial charge in [0.05, 0.1) is 0 Å². The molecule has 2 N–H and O–H groups in total. The fraction of sp³-hybridized carbons (Fsp3) is 0.250. The number of hydrogen-bond acceptors (Lipinski definition) is 4. The summed E-state index contributed by atoms with van der Waals surface area (Å²) >= 11 is 0. The van der Waals surface area contributed by atoms with Gasteiger partial charge in [-0.25, -0.2) is 9.59 Å². The van der Waals surface area contributed by atoms with Crippen LogP contribution in [-0.2, 0) is 16.0 Å². The fourth-order valence-electron chi connectivity index (χ4n) is 2.02. The van der Waals surface area contributed by atoms with E-state index in [1.165, 1.54) is 6.07 Å². The number of nitrogens with zero attached hydrogens (tertiary/aromatic N) is 1. The van der Waals surface area contributed by atoms with Gasteiger partial charge >= 0.3 is 11.9 Å². The van der Waals surface area contributed by atoms with Crippen molar-refractivity contribution in [2.24, 2.45) is 0 Å². The Balaban J connectivity index is 2.29. The summed E-state index contributed by atoms with van der Waals surface area (Å²) in [5, 5.41) is 9.05. The molecule has 0 saturated carbocycles. The van der Waals surface area contributed by atoms with Gasteiger partial charge in [-0.15, -0.1) is 0 Å². The highest BCUT2D eigenvalue weighted by atomic mass is 16.5. The number of carboxylic acids is 1. The molecule has 0 unspecified atom stereocenters. The first-order chi connectivity index (χ1) is 12.9. The van der Waals surface area contributed by atoms with Gasteiger partial charge in [0.25, 0.3) is 0 Å². The van der Waals surface area contributed by atoms with Gasteiger partial charge in [0.1, 0.15) is 5.75 Å². The van der Waals surface area contributed by atoms with E-state index in [1.54, 1.807) is 18.3 Å². The predicted molar refractivity (Wildman–Crippen MR) is 83.0 cm³/mol. The van der Waals surface area contributed by atoms with Crippen LogP contribution in [0.2, 0.25) is 0 Å². The molecule has 1 aromatic carbocycles. The van der Waals surface area contributed by atoms with Crippen LogP contribution in [0.15, 0.2) is 36.5 Å². The minimum atomic E-state index is -2.80. The number of ether oxygens (including phenoxy) is 1. The molecule has 2 aromatic rings. The average Bonchev–Trinajstić information content (AvgIpc) is 2.95. The summed E-state index contributed by atoms with van der Waals surface area (Å²) in [6.07, 6.45) is 3.05. The SMILES string of the molecule is [2H]C([2H])([2H])N(CCc1c[nH]c2cccc(OC(=O)/C=C\C(=O)O)c12)C([2H])([2H])[2H]. The van der Waals surface area contributed by atoms with E-state index in [0.29, 0.717) is 27.4 Å². The molecule has 0 fully saturated rings. The molecule has 0 aliphatic heterocycles. The summed E-state index contributed by atoms with van der Waals surface area (Å²) in [4.78, 5) is 25.7. The van der Waals surface area contributed by atoms with E-state index in [4.69, 9.17) is 18.1 Å². The second kappa shape index (κ2) is 6.91. The predicted octanol–water partition coefficient (Wildman–Crippen LogP) is 1.82. The summed E-state index contributed by atoms with van der Waals surface area (Å²) in [5.74, 6) is -2.05. The van der Waals surface area contributed by atoms with Crippen molar-refractivity contribution in [3.63, 3.8) is 0 Å². The number of carboxylic acid groups (broad SMARTS) is 1. The molecule has 0 radical (unpaired) electrons. The van der Waals surface area contributed by atoms with Crippen molar-refractivity contribution in [1.82, 2.24) is 9.88 Å². The summed E-state index contributed by atoms with van der Waals surface area (Å²) in [5.41, 5.74) is 1.15. The number of carbonyl (C=O) groups is 2. The van der Waals surface area contributed by atoms with Gasteiger partial charge < -0.3 is 19.7 Å². The topological polar surface area (TPSA) is 82.6 Å². The Bertz CT molecular complexity index is 887. The summed E-state index contributed by atoms with van der Waals surface area (Å²) in [6.45, 7) is -5.87. The quantitative estimate of drug-likeness (QED) is 0.483. The molecule has 0 bridgehead atoms. The molecule has 0 aliphatic rings. The highest BCUT2D eigenvalue weighted by Crippen LogP contribution is 2.29. The Kier molecular flexibility index (Phi) is 2.96. The Morgan fingerprint density at radius 3 is 2.95 bits per heavy atom. The van der Waals surface area contributed by atoms with Crippen LogP contribution in [0.25, 0.3) is 10.9 Å². The zero-order valence-corrected chi connectivity index (χ0v) is 11.5. The molecule has 0 spiro atoms. The highest BCUT2D eigenvalue weighted by Gasteiger charge is 2.12. The van der Waals surface area contributed by atoms with Crippen LogP contribution in [0.3, 0.4) is 0 Å². The van der Waals surface area contributed by atoms with E-state index < -0.39 is 25.9 Å². The molecule has 0 atom stereocenters. The smallest absolute Gasteiger partial charge is 0.336 e. The maximum atomic E-state index is 11.8.